The number of carbonyl (C=O) groups is 1. The number of aromatic nitrogens is 4. The van der Waals surface area contributed by atoms with Gasteiger partial charge >= 0.3 is 5.97 Å². The van der Waals surface area contributed by atoms with E-state index in [1.807, 2.05) is 0 Å². The van der Waals surface area contributed by atoms with Crippen molar-refractivity contribution >= 4 is 5.97 Å². The molecule has 0 amide bonds. The van der Waals surface area contributed by atoms with Crippen LogP contribution in [-0.2, 0) is 11.8 Å². The highest BCUT2D eigenvalue weighted by atomic mass is 19.1. The summed E-state index contributed by atoms with van der Waals surface area (Å²) in [5, 5.41) is 3.89. The third kappa shape index (κ3) is 2.20. The van der Waals surface area contributed by atoms with Crippen molar-refractivity contribution < 1.29 is 13.9 Å². The van der Waals surface area contributed by atoms with Crippen LogP contribution in [0.2, 0.25) is 0 Å². The normalized spacial score (nSPS) is 10.4. The van der Waals surface area contributed by atoms with Crippen molar-refractivity contribution in [1.29, 1.82) is 0 Å². The number of rotatable bonds is 3. The fourth-order valence-corrected chi connectivity index (χ4v) is 1.46. The Balaban J connectivity index is 2.42. The second-order valence-corrected chi connectivity index (χ2v) is 3.46. The van der Waals surface area contributed by atoms with Crippen molar-refractivity contribution in [3.8, 4) is 11.4 Å². The first-order valence-corrected chi connectivity index (χ1v) is 5.31. The Labute approximate surface area is 102 Å². The maximum Gasteiger partial charge on any atom is 0.378 e. The molecule has 6 nitrogen and oxygen atoms in total. The standard InChI is InChI=1S/C11H11FN4O2/c1-3-18-11(17)9-14-10(16(2)15-9)7-4-5-13-6-8(7)12/h4-6H,3H2,1-2H3. The molecule has 94 valence electrons. The van der Waals surface area contributed by atoms with Gasteiger partial charge in [-0.1, -0.05) is 0 Å². The molecular formula is C11H11FN4O2. The lowest BCUT2D eigenvalue weighted by Crippen LogP contribution is -2.07. The van der Waals surface area contributed by atoms with Gasteiger partial charge in [0.2, 0.25) is 0 Å². The highest BCUT2D eigenvalue weighted by molar-refractivity contribution is 5.85. The minimum Gasteiger partial charge on any atom is -0.460 e. The van der Waals surface area contributed by atoms with Gasteiger partial charge in [0.25, 0.3) is 5.82 Å². The topological polar surface area (TPSA) is 69.9 Å². The van der Waals surface area contributed by atoms with Crippen LogP contribution in [0.4, 0.5) is 4.39 Å². The molecule has 18 heavy (non-hydrogen) atoms. The van der Waals surface area contributed by atoms with Gasteiger partial charge < -0.3 is 4.74 Å². The minimum absolute atomic E-state index is 0.0921. The Hall–Kier alpha value is -2.31. The molecular weight excluding hydrogens is 239 g/mol. The Bertz CT molecular complexity index is 582. The summed E-state index contributed by atoms with van der Waals surface area (Å²) < 4.78 is 19.7. The van der Waals surface area contributed by atoms with Gasteiger partial charge in [0.15, 0.2) is 11.6 Å². The molecule has 0 aliphatic heterocycles. The third-order valence-electron chi connectivity index (χ3n) is 2.23. The molecule has 0 fully saturated rings. The van der Waals surface area contributed by atoms with Crippen molar-refractivity contribution in [2.45, 2.75) is 6.92 Å². The highest BCUT2D eigenvalue weighted by Crippen LogP contribution is 2.19. The molecule has 0 spiro atoms. The van der Waals surface area contributed by atoms with E-state index < -0.39 is 11.8 Å². The second kappa shape index (κ2) is 4.91. The van der Waals surface area contributed by atoms with Crippen LogP contribution in [0, 0.1) is 5.82 Å². The van der Waals surface area contributed by atoms with Gasteiger partial charge in [0, 0.05) is 13.2 Å². The van der Waals surface area contributed by atoms with Gasteiger partial charge in [-0.2, -0.15) is 0 Å². The van der Waals surface area contributed by atoms with E-state index in [2.05, 4.69) is 15.1 Å². The molecule has 0 saturated heterocycles. The average molecular weight is 250 g/mol. The number of hydrogen-bond acceptors (Lipinski definition) is 5. The fraction of sp³-hybridized carbons (Fsp3) is 0.273. The molecule has 0 atom stereocenters. The van der Waals surface area contributed by atoms with Gasteiger partial charge in [-0.3, -0.25) is 4.98 Å². The zero-order valence-corrected chi connectivity index (χ0v) is 9.92. The molecule has 0 bridgehead atoms. The number of esters is 1. The molecule has 7 heteroatoms. The molecule has 0 unspecified atom stereocenters. The lowest BCUT2D eigenvalue weighted by atomic mass is 10.2. The summed E-state index contributed by atoms with van der Waals surface area (Å²) in [6, 6.07) is 1.47. The molecule has 0 N–H and O–H groups in total. The molecule has 2 heterocycles. The molecule has 0 radical (unpaired) electrons. The lowest BCUT2D eigenvalue weighted by molar-refractivity contribution is 0.0512. The number of pyridine rings is 1. The summed E-state index contributed by atoms with van der Waals surface area (Å²) in [5.74, 6) is -0.999. The molecule has 2 aromatic rings. The largest absolute Gasteiger partial charge is 0.460 e. The van der Waals surface area contributed by atoms with Crippen LogP contribution in [0.3, 0.4) is 0 Å². The van der Waals surface area contributed by atoms with E-state index in [4.69, 9.17) is 4.74 Å². The smallest absolute Gasteiger partial charge is 0.378 e. The molecule has 0 aromatic carbocycles. The van der Waals surface area contributed by atoms with Crippen LogP contribution in [0.5, 0.6) is 0 Å². The number of halogens is 1. The second-order valence-electron chi connectivity index (χ2n) is 3.46. The molecule has 0 saturated carbocycles. The van der Waals surface area contributed by atoms with Gasteiger partial charge in [0.1, 0.15) is 0 Å². The fourth-order valence-electron chi connectivity index (χ4n) is 1.46. The predicted octanol–water partition coefficient (Wildman–Crippen LogP) is 1.19. The van der Waals surface area contributed by atoms with Gasteiger partial charge in [-0.25, -0.2) is 18.9 Å². The monoisotopic (exact) mass is 250 g/mol. The van der Waals surface area contributed by atoms with Crippen molar-refractivity contribution in [2.24, 2.45) is 7.05 Å². The number of aryl methyl sites for hydroxylation is 1. The number of nitrogens with zero attached hydrogens (tertiary/aromatic N) is 4. The van der Waals surface area contributed by atoms with Crippen molar-refractivity contribution in [3.05, 3.63) is 30.1 Å². The molecule has 0 aliphatic rings. The van der Waals surface area contributed by atoms with E-state index in [0.717, 1.165) is 6.20 Å². The summed E-state index contributed by atoms with van der Waals surface area (Å²) in [7, 11) is 1.57. The van der Waals surface area contributed by atoms with E-state index in [9.17, 15) is 9.18 Å². The Morgan fingerprint density at radius 2 is 2.33 bits per heavy atom. The Kier molecular flexibility index (Phi) is 3.31. The highest BCUT2D eigenvalue weighted by Gasteiger charge is 2.18. The van der Waals surface area contributed by atoms with Crippen LogP contribution in [0.15, 0.2) is 18.5 Å². The molecule has 0 aliphatic carbocycles. The van der Waals surface area contributed by atoms with Crippen LogP contribution < -0.4 is 0 Å². The summed E-state index contributed by atoms with van der Waals surface area (Å²) in [4.78, 5) is 19.1. The van der Waals surface area contributed by atoms with E-state index in [1.165, 1.54) is 16.9 Å². The number of carbonyl (C=O) groups excluding carboxylic acids is 1. The molecule has 2 aromatic heterocycles. The maximum absolute atomic E-state index is 13.6. The zero-order chi connectivity index (χ0) is 13.1. The first-order chi connectivity index (χ1) is 8.63. The maximum atomic E-state index is 13.6. The van der Waals surface area contributed by atoms with E-state index in [-0.39, 0.29) is 23.8 Å². The van der Waals surface area contributed by atoms with Crippen molar-refractivity contribution in [3.63, 3.8) is 0 Å². The summed E-state index contributed by atoms with van der Waals surface area (Å²) in [6.07, 6.45) is 2.52. The van der Waals surface area contributed by atoms with Crippen LogP contribution >= 0.6 is 0 Å². The minimum atomic E-state index is -0.631. The van der Waals surface area contributed by atoms with E-state index in [0.29, 0.717) is 0 Å². The Morgan fingerprint density at radius 3 is 3.00 bits per heavy atom. The summed E-state index contributed by atoms with van der Waals surface area (Å²) >= 11 is 0. The number of hydrogen-bond donors (Lipinski definition) is 0. The van der Waals surface area contributed by atoms with E-state index in [1.54, 1.807) is 14.0 Å². The quantitative estimate of drug-likeness (QED) is 0.765. The summed E-state index contributed by atoms with van der Waals surface area (Å²) in [5.41, 5.74) is 0.232. The first kappa shape index (κ1) is 12.2. The van der Waals surface area contributed by atoms with Crippen LogP contribution in [-0.4, -0.2) is 32.3 Å². The van der Waals surface area contributed by atoms with Gasteiger partial charge in [-0.05, 0) is 13.0 Å². The lowest BCUT2D eigenvalue weighted by Gasteiger charge is -1.99. The summed E-state index contributed by atoms with van der Waals surface area (Å²) in [6.45, 7) is 1.92. The van der Waals surface area contributed by atoms with Gasteiger partial charge in [0.05, 0.1) is 18.4 Å². The predicted molar refractivity (Wildman–Crippen MR) is 60.1 cm³/mol. The van der Waals surface area contributed by atoms with Gasteiger partial charge in [-0.15, -0.1) is 5.10 Å². The van der Waals surface area contributed by atoms with Crippen LogP contribution in [0.25, 0.3) is 11.4 Å². The Morgan fingerprint density at radius 1 is 1.56 bits per heavy atom. The van der Waals surface area contributed by atoms with E-state index >= 15 is 0 Å². The van der Waals surface area contributed by atoms with Crippen molar-refractivity contribution in [1.82, 2.24) is 19.7 Å². The number of ether oxygens (including phenoxy) is 1. The van der Waals surface area contributed by atoms with Crippen molar-refractivity contribution in [2.75, 3.05) is 6.61 Å². The zero-order valence-electron chi connectivity index (χ0n) is 9.92. The first-order valence-electron chi connectivity index (χ1n) is 5.31. The average Bonchev–Trinajstić information content (AvgIpc) is 2.72. The van der Waals surface area contributed by atoms with Crippen LogP contribution in [0.1, 0.15) is 17.5 Å². The SMILES string of the molecule is CCOC(=O)c1nc(-c2ccncc2F)n(C)n1. The third-order valence-corrected chi connectivity index (χ3v) is 2.23. The molecule has 2 rings (SSSR count).